The maximum Gasteiger partial charge on any atom is 0.345 e. The first-order chi connectivity index (χ1) is 11.4. The van der Waals surface area contributed by atoms with Crippen LogP contribution in [0.15, 0.2) is 11.0 Å². The molecule has 0 aromatic carbocycles. The summed E-state index contributed by atoms with van der Waals surface area (Å²) in [5.74, 6) is -1.86. The number of rotatable bonds is 4. The Labute approximate surface area is 138 Å². The van der Waals surface area contributed by atoms with Crippen LogP contribution in [-0.2, 0) is 19.4 Å². The smallest absolute Gasteiger partial charge is 0.345 e. The first-order valence-electron chi connectivity index (χ1n) is 7.81. The number of pyridine rings is 1. The van der Waals surface area contributed by atoms with E-state index in [-0.39, 0.29) is 0 Å². The molecule has 0 radical (unpaired) electrons. The lowest BCUT2D eigenvalue weighted by molar-refractivity contribution is 0.0691. The topological polar surface area (TPSA) is 111 Å². The molecule has 0 saturated carbocycles. The van der Waals surface area contributed by atoms with Crippen LogP contribution in [0, 0.1) is 0 Å². The number of hydrogen-bond acceptors (Lipinski definition) is 5. The largest absolute Gasteiger partial charge is 0.506 e. The van der Waals surface area contributed by atoms with Gasteiger partial charge in [-0.25, -0.2) is 4.79 Å². The Hall–Kier alpha value is -2.61. The van der Waals surface area contributed by atoms with E-state index in [1.54, 1.807) is 6.20 Å². The van der Waals surface area contributed by atoms with E-state index in [9.17, 15) is 14.7 Å². The summed E-state index contributed by atoms with van der Waals surface area (Å²) in [5.41, 5.74) is 1.30. The summed E-state index contributed by atoms with van der Waals surface area (Å²) in [5, 5.41) is 23.8. The molecule has 1 aliphatic rings. The zero-order valence-corrected chi connectivity index (χ0v) is 13.7. The fourth-order valence-electron chi connectivity index (χ4n) is 3.10. The molecule has 24 heavy (non-hydrogen) atoms. The molecular formula is C16H20N4O4. The molecular weight excluding hydrogens is 312 g/mol. The van der Waals surface area contributed by atoms with Crippen LogP contribution < -0.4 is 5.56 Å². The number of nitrogens with one attached hydrogen (secondary N) is 1. The molecule has 3 rings (SSSR count). The van der Waals surface area contributed by atoms with E-state index in [0.29, 0.717) is 17.7 Å². The van der Waals surface area contributed by atoms with Crippen molar-refractivity contribution in [1.29, 1.82) is 0 Å². The number of aromatic amines is 1. The van der Waals surface area contributed by atoms with Crippen LogP contribution in [0.2, 0.25) is 0 Å². The number of carboxylic acids is 1. The number of hydrogen-bond donors (Lipinski definition) is 3. The molecule has 2 heterocycles. The molecule has 2 aromatic heterocycles. The Morgan fingerprint density at radius 3 is 2.83 bits per heavy atom. The van der Waals surface area contributed by atoms with Gasteiger partial charge in [-0.1, -0.05) is 0 Å². The first-order valence-corrected chi connectivity index (χ1v) is 7.81. The summed E-state index contributed by atoms with van der Waals surface area (Å²) in [6, 6.07) is 0. The SMILES string of the molecule is CN(C)CCn1ncc2c1CCCc1c-2[nH]c(=O)c(C(=O)O)c1O. The summed E-state index contributed by atoms with van der Waals surface area (Å²) < 4.78 is 1.91. The standard InChI is InChI=1S/C16H20N4O4/c1-19(2)6-7-20-11-5-3-4-9-13(10(11)8-17-20)18-15(22)12(14(9)21)16(23)24/h8H,3-7H2,1-2H3,(H,23,24)(H2,18,21,22). The van der Waals surface area contributed by atoms with Crippen LogP contribution in [0.1, 0.15) is 28.0 Å². The number of aromatic carboxylic acids is 1. The Morgan fingerprint density at radius 2 is 2.17 bits per heavy atom. The van der Waals surface area contributed by atoms with Crippen LogP contribution >= 0.6 is 0 Å². The summed E-state index contributed by atoms with van der Waals surface area (Å²) in [6.45, 7) is 1.56. The fourth-order valence-corrected chi connectivity index (χ4v) is 3.10. The fraction of sp³-hybridized carbons (Fsp3) is 0.438. The highest BCUT2D eigenvalue weighted by atomic mass is 16.4. The van der Waals surface area contributed by atoms with Gasteiger partial charge in [-0.05, 0) is 33.4 Å². The lowest BCUT2D eigenvalue weighted by atomic mass is 10.0. The summed E-state index contributed by atoms with van der Waals surface area (Å²) in [7, 11) is 3.97. The number of aromatic hydroxyl groups is 1. The normalized spacial score (nSPS) is 13.5. The predicted octanol–water partition coefficient (Wildman–Crippen LogP) is 0.692. The quantitative estimate of drug-likeness (QED) is 0.760. The molecule has 0 unspecified atom stereocenters. The van der Waals surface area contributed by atoms with Crippen molar-refractivity contribution in [2.45, 2.75) is 25.8 Å². The molecule has 0 bridgehead atoms. The van der Waals surface area contributed by atoms with E-state index in [0.717, 1.165) is 37.2 Å². The average molecular weight is 332 g/mol. The lowest BCUT2D eigenvalue weighted by Gasteiger charge is -2.12. The zero-order chi connectivity index (χ0) is 17.4. The van der Waals surface area contributed by atoms with Crippen molar-refractivity contribution in [3.8, 4) is 17.0 Å². The number of nitrogens with zero attached hydrogens (tertiary/aromatic N) is 3. The molecule has 0 spiro atoms. The van der Waals surface area contributed by atoms with Crippen molar-refractivity contribution in [2.75, 3.05) is 20.6 Å². The van der Waals surface area contributed by atoms with Gasteiger partial charge in [0, 0.05) is 23.4 Å². The van der Waals surface area contributed by atoms with E-state index < -0.39 is 22.8 Å². The van der Waals surface area contributed by atoms with Crippen molar-refractivity contribution in [1.82, 2.24) is 19.7 Å². The molecule has 3 N–H and O–H groups in total. The van der Waals surface area contributed by atoms with Gasteiger partial charge in [0.05, 0.1) is 18.4 Å². The van der Waals surface area contributed by atoms with E-state index in [1.165, 1.54) is 0 Å². The van der Waals surface area contributed by atoms with Gasteiger partial charge in [0.2, 0.25) is 0 Å². The van der Waals surface area contributed by atoms with Crippen LogP contribution in [0.5, 0.6) is 5.75 Å². The second kappa shape index (κ2) is 6.12. The molecule has 128 valence electrons. The van der Waals surface area contributed by atoms with Gasteiger partial charge in [-0.3, -0.25) is 9.48 Å². The molecule has 0 aliphatic heterocycles. The van der Waals surface area contributed by atoms with Crippen molar-refractivity contribution < 1.29 is 15.0 Å². The minimum Gasteiger partial charge on any atom is -0.506 e. The van der Waals surface area contributed by atoms with Crippen molar-refractivity contribution >= 4 is 5.97 Å². The number of likely N-dealkylation sites (N-methyl/N-ethyl adjacent to an activating group) is 1. The summed E-state index contributed by atoms with van der Waals surface area (Å²) in [4.78, 5) is 28.0. The number of carboxylic acid groups (broad SMARTS) is 1. The minimum absolute atomic E-state index is 0.435. The maximum absolute atomic E-state index is 12.1. The molecule has 1 aliphatic carbocycles. The zero-order valence-electron chi connectivity index (χ0n) is 13.7. The third-order valence-electron chi connectivity index (χ3n) is 4.32. The van der Waals surface area contributed by atoms with Gasteiger partial charge in [0.25, 0.3) is 5.56 Å². The van der Waals surface area contributed by atoms with Gasteiger partial charge >= 0.3 is 5.97 Å². The second-order valence-electron chi connectivity index (χ2n) is 6.22. The van der Waals surface area contributed by atoms with Crippen molar-refractivity contribution in [3.05, 3.63) is 33.4 Å². The molecule has 0 atom stereocenters. The first kappa shape index (κ1) is 16.3. The van der Waals surface area contributed by atoms with Crippen molar-refractivity contribution in [2.24, 2.45) is 0 Å². The van der Waals surface area contributed by atoms with Crippen LogP contribution in [0.4, 0.5) is 0 Å². The van der Waals surface area contributed by atoms with E-state index in [1.807, 2.05) is 18.8 Å². The third kappa shape index (κ3) is 2.69. The third-order valence-corrected chi connectivity index (χ3v) is 4.32. The van der Waals surface area contributed by atoms with E-state index >= 15 is 0 Å². The van der Waals surface area contributed by atoms with E-state index in [4.69, 9.17) is 5.11 Å². The number of aromatic nitrogens is 3. The number of carbonyl (C=O) groups is 1. The van der Waals surface area contributed by atoms with E-state index in [2.05, 4.69) is 15.0 Å². The molecule has 2 aromatic rings. The predicted molar refractivity (Wildman–Crippen MR) is 87.5 cm³/mol. The summed E-state index contributed by atoms with van der Waals surface area (Å²) >= 11 is 0. The molecule has 8 heteroatoms. The van der Waals surface area contributed by atoms with Gasteiger partial charge in [-0.2, -0.15) is 5.10 Å². The second-order valence-corrected chi connectivity index (χ2v) is 6.22. The Bertz CT molecular complexity index is 850. The van der Waals surface area contributed by atoms with Gasteiger partial charge < -0.3 is 20.1 Å². The monoisotopic (exact) mass is 332 g/mol. The Kier molecular flexibility index (Phi) is 4.15. The molecule has 0 fully saturated rings. The molecule has 0 saturated heterocycles. The Balaban J connectivity index is 2.13. The number of H-pyrrole nitrogens is 1. The maximum atomic E-state index is 12.1. The van der Waals surface area contributed by atoms with Gasteiger partial charge in [-0.15, -0.1) is 0 Å². The highest BCUT2D eigenvalue weighted by Crippen LogP contribution is 2.35. The summed E-state index contributed by atoms with van der Waals surface area (Å²) in [6.07, 6.45) is 3.67. The highest BCUT2D eigenvalue weighted by molar-refractivity contribution is 5.92. The lowest BCUT2D eigenvalue weighted by Crippen LogP contribution is -2.20. The molecule has 0 amide bonds. The van der Waals surface area contributed by atoms with Gasteiger partial charge in [0.15, 0.2) is 5.56 Å². The average Bonchev–Trinajstić information content (AvgIpc) is 2.80. The number of fused-ring (bicyclic) bond motifs is 3. The van der Waals surface area contributed by atoms with Crippen LogP contribution in [-0.4, -0.2) is 56.5 Å². The minimum atomic E-state index is -1.43. The molecule has 8 nitrogen and oxygen atoms in total. The van der Waals surface area contributed by atoms with Gasteiger partial charge in [0.1, 0.15) is 5.75 Å². The Morgan fingerprint density at radius 1 is 1.42 bits per heavy atom. The highest BCUT2D eigenvalue weighted by Gasteiger charge is 2.27. The van der Waals surface area contributed by atoms with Crippen LogP contribution in [0.3, 0.4) is 0 Å². The van der Waals surface area contributed by atoms with Crippen molar-refractivity contribution in [3.63, 3.8) is 0 Å². The van der Waals surface area contributed by atoms with Crippen LogP contribution in [0.25, 0.3) is 11.3 Å².